The molecule has 2 aliphatic carbocycles. The highest BCUT2D eigenvalue weighted by Crippen LogP contribution is 2.40. The number of pyridine rings is 1. The average molecular weight is 362 g/mol. The lowest BCUT2D eigenvalue weighted by Crippen LogP contribution is -2.31. The molecule has 0 N–H and O–H groups in total. The Morgan fingerprint density at radius 2 is 2.04 bits per heavy atom. The largest absolute Gasteiger partial charge is 0.497 e. The summed E-state index contributed by atoms with van der Waals surface area (Å²) in [6.07, 6.45) is 9.41. The Morgan fingerprint density at radius 1 is 1.32 bits per heavy atom. The van der Waals surface area contributed by atoms with Crippen LogP contribution >= 0.6 is 0 Å². The molecule has 2 aliphatic rings. The van der Waals surface area contributed by atoms with Crippen LogP contribution in [0.1, 0.15) is 37.7 Å². The molecule has 1 aromatic heterocycles. The highest BCUT2D eigenvalue weighted by atomic mass is 28.3. The first-order chi connectivity index (χ1) is 11.8. The monoisotopic (exact) mass is 361 g/mol. The van der Waals surface area contributed by atoms with Gasteiger partial charge in [0.05, 0.1) is 14.7 Å². The highest BCUT2D eigenvalue weighted by Gasteiger charge is 2.32. The zero-order chi connectivity index (χ0) is 18.2. The molecule has 136 valence electrons. The second kappa shape index (κ2) is 6.94. The SMILES string of the molecule is CC[Si](C)(C)C1=CC=C(OCC2CC2)C(c2cc(F)c(=O)n(C)c2)C1. The van der Waals surface area contributed by atoms with Gasteiger partial charge in [-0.05, 0) is 42.9 Å². The molecule has 0 amide bonds. The molecule has 0 aromatic carbocycles. The number of hydrogen-bond acceptors (Lipinski definition) is 2. The van der Waals surface area contributed by atoms with Crippen molar-refractivity contribution in [2.24, 2.45) is 13.0 Å². The zero-order valence-corrected chi connectivity index (χ0v) is 16.6. The summed E-state index contributed by atoms with van der Waals surface area (Å²) < 4.78 is 21.5. The van der Waals surface area contributed by atoms with Crippen LogP contribution in [0, 0.1) is 11.7 Å². The lowest BCUT2D eigenvalue weighted by molar-refractivity contribution is 0.180. The van der Waals surface area contributed by atoms with Crippen molar-refractivity contribution in [2.75, 3.05) is 6.61 Å². The third-order valence-corrected chi connectivity index (χ3v) is 9.59. The van der Waals surface area contributed by atoms with Crippen LogP contribution in [0.3, 0.4) is 0 Å². The van der Waals surface area contributed by atoms with E-state index in [9.17, 15) is 9.18 Å². The van der Waals surface area contributed by atoms with Gasteiger partial charge in [0, 0.05) is 19.2 Å². The second-order valence-electron chi connectivity index (χ2n) is 8.05. The van der Waals surface area contributed by atoms with Crippen molar-refractivity contribution < 1.29 is 9.13 Å². The Hall–Kier alpha value is -1.62. The van der Waals surface area contributed by atoms with E-state index in [0.717, 1.165) is 24.4 Å². The van der Waals surface area contributed by atoms with Gasteiger partial charge in [-0.25, -0.2) is 4.39 Å². The van der Waals surface area contributed by atoms with Gasteiger partial charge in [-0.15, -0.1) is 0 Å². The van der Waals surface area contributed by atoms with Gasteiger partial charge in [0.1, 0.15) is 5.76 Å². The molecule has 25 heavy (non-hydrogen) atoms. The third kappa shape index (κ3) is 3.97. The fourth-order valence-corrected chi connectivity index (χ4v) is 4.98. The number of halogens is 1. The molecular formula is C20H28FNO2Si. The Labute approximate surface area is 150 Å². The van der Waals surface area contributed by atoms with Crippen LogP contribution < -0.4 is 5.56 Å². The van der Waals surface area contributed by atoms with Crippen molar-refractivity contribution >= 4 is 8.07 Å². The Morgan fingerprint density at radius 3 is 2.64 bits per heavy atom. The first kappa shape index (κ1) is 18.2. The van der Waals surface area contributed by atoms with Gasteiger partial charge in [0.25, 0.3) is 5.56 Å². The molecule has 1 unspecified atom stereocenters. The standard InChI is InChI=1S/C20H28FNO2Si/c1-5-25(3,4)16-8-9-19(24-13-14-6-7-14)17(11-16)15-10-18(21)20(23)22(2)12-15/h8-10,12,14,17H,5-7,11,13H2,1-4H3. The summed E-state index contributed by atoms with van der Waals surface area (Å²) in [6.45, 7) is 7.74. The van der Waals surface area contributed by atoms with E-state index in [-0.39, 0.29) is 5.92 Å². The minimum absolute atomic E-state index is 0.00150. The van der Waals surface area contributed by atoms with Crippen LogP contribution in [-0.2, 0) is 11.8 Å². The maximum Gasteiger partial charge on any atom is 0.286 e. The number of ether oxygens (including phenoxy) is 1. The number of aromatic nitrogens is 1. The van der Waals surface area contributed by atoms with Gasteiger partial charge >= 0.3 is 0 Å². The van der Waals surface area contributed by atoms with Crippen LogP contribution in [0.15, 0.2) is 40.2 Å². The molecule has 0 saturated heterocycles. The summed E-state index contributed by atoms with van der Waals surface area (Å²) in [5.74, 6) is 0.892. The molecule has 5 heteroatoms. The average Bonchev–Trinajstić information content (AvgIpc) is 3.41. The van der Waals surface area contributed by atoms with Crippen LogP contribution in [0.5, 0.6) is 0 Å². The van der Waals surface area contributed by atoms with Crippen molar-refractivity contribution in [3.05, 3.63) is 57.1 Å². The molecule has 3 nitrogen and oxygen atoms in total. The third-order valence-electron chi connectivity index (χ3n) is 5.72. The lowest BCUT2D eigenvalue weighted by Gasteiger charge is -2.32. The van der Waals surface area contributed by atoms with Gasteiger partial charge in [-0.2, -0.15) is 0 Å². The van der Waals surface area contributed by atoms with Crippen LogP contribution in [0.25, 0.3) is 0 Å². The summed E-state index contributed by atoms with van der Waals surface area (Å²) in [4.78, 5) is 11.7. The summed E-state index contributed by atoms with van der Waals surface area (Å²) in [5, 5.41) is 1.48. The number of nitrogens with zero attached hydrogens (tertiary/aromatic N) is 1. The second-order valence-corrected chi connectivity index (χ2v) is 13.2. The molecule has 1 aromatic rings. The minimum Gasteiger partial charge on any atom is -0.497 e. The summed E-state index contributed by atoms with van der Waals surface area (Å²) in [6, 6.07) is 2.57. The molecule has 1 saturated carbocycles. The van der Waals surface area contributed by atoms with E-state index in [4.69, 9.17) is 4.74 Å². The van der Waals surface area contributed by atoms with E-state index in [1.54, 1.807) is 13.2 Å². The predicted molar refractivity (Wildman–Crippen MR) is 102 cm³/mol. The number of rotatable bonds is 6. The lowest BCUT2D eigenvalue weighted by atomic mass is 9.91. The summed E-state index contributed by atoms with van der Waals surface area (Å²) >= 11 is 0. The van der Waals surface area contributed by atoms with Crippen molar-refractivity contribution in [1.82, 2.24) is 4.57 Å². The summed E-state index contributed by atoms with van der Waals surface area (Å²) in [5.41, 5.74) is 0.246. The fourth-order valence-electron chi connectivity index (χ4n) is 3.23. The number of aryl methyl sites for hydroxylation is 1. The Balaban J connectivity index is 1.94. The van der Waals surface area contributed by atoms with Gasteiger partial charge in [-0.3, -0.25) is 4.79 Å². The molecule has 0 radical (unpaired) electrons. The highest BCUT2D eigenvalue weighted by molar-refractivity contribution is 6.84. The quantitative estimate of drug-likeness (QED) is 0.698. The minimum atomic E-state index is -1.45. The normalized spacial score (nSPS) is 20.9. The van der Waals surface area contributed by atoms with Gasteiger partial charge in [0.2, 0.25) is 0 Å². The van der Waals surface area contributed by atoms with E-state index in [0.29, 0.717) is 5.92 Å². The van der Waals surface area contributed by atoms with E-state index in [1.807, 2.05) is 0 Å². The maximum absolute atomic E-state index is 14.0. The fraction of sp³-hybridized carbons (Fsp3) is 0.550. The number of hydrogen-bond donors (Lipinski definition) is 0. The van der Waals surface area contributed by atoms with Crippen molar-refractivity contribution in [1.29, 1.82) is 0 Å². The molecule has 0 aliphatic heterocycles. The van der Waals surface area contributed by atoms with Gasteiger partial charge < -0.3 is 9.30 Å². The summed E-state index contributed by atoms with van der Waals surface area (Å²) in [7, 11) is 0.152. The first-order valence-electron chi connectivity index (χ1n) is 9.22. The zero-order valence-electron chi connectivity index (χ0n) is 15.6. The van der Waals surface area contributed by atoms with E-state index >= 15 is 0 Å². The maximum atomic E-state index is 14.0. The molecule has 3 rings (SSSR count). The van der Waals surface area contributed by atoms with E-state index in [2.05, 4.69) is 32.2 Å². The molecule has 0 bridgehead atoms. The topological polar surface area (TPSA) is 31.2 Å². The van der Waals surface area contributed by atoms with Crippen molar-refractivity contribution in [2.45, 2.75) is 51.2 Å². The van der Waals surface area contributed by atoms with E-state index < -0.39 is 19.5 Å². The molecular weight excluding hydrogens is 333 g/mol. The van der Waals surface area contributed by atoms with E-state index in [1.165, 1.54) is 34.7 Å². The first-order valence-corrected chi connectivity index (χ1v) is 12.4. The van der Waals surface area contributed by atoms with Gasteiger partial charge in [0.15, 0.2) is 5.82 Å². The van der Waals surface area contributed by atoms with Crippen molar-refractivity contribution in [3.8, 4) is 0 Å². The molecule has 1 heterocycles. The Kier molecular flexibility index (Phi) is 5.05. The number of allylic oxidation sites excluding steroid dienone is 4. The van der Waals surface area contributed by atoms with Crippen LogP contribution in [0.4, 0.5) is 4.39 Å². The van der Waals surface area contributed by atoms with Crippen molar-refractivity contribution in [3.63, 3.8) is 0 Å². The molecule has 1 fully saturated rings. The van der Waals surface area contributed by atoms with Crippen LogP contribution in [0.2, 0.25) is 19.1 Å². The molecule has 0 spiro atoms. The predicted octanol–water partition coefficient (Wildman–Crippen LogP) is 4.52. The smallest absolute Gasteiger partial charge is 0.286 e. The van der Waals surface area contributed by atoms with Crippen LogP contribution in [-0.4, -0.2) is 19.2 Å². The van der Waals surface area contributed by atoms with Gasteiger partial charge in [-0.1, -0.05) is 37.3 Å². The Bertz CT molecular complexity index is 748. The molecule has 1 atom stereocenters.